The van der Waals surface area contributed by atoms with Crippen molar-refractivity contribution in [3.8, 4) is 0 Å². The molecule has 1 amide bonds. The lowest BCUT2D eigenvalue weighted by Crippen LogP contribution is -2.39. The molecule has 4 aromatic rings. The maximum absolute atomic E-state index is 14.9. The molecule has 2 heterocycles. The van der Waals surface area contributed by atoms with Crippen molar-refractivity contribution >= 4 is 34.6 Å². The fourth-order valence-corrected chi connectivity index (χ4v) is 4.99. The standard InChI is InChI=1S/C30H28FN3O6/c1-14-6-10-20(16(12-14)29(38)39)34-13-17-18(31)8-9-19(22(17)28(34)37)32-23-24(26(36)25(23)35)33-27(30(3,4)5)21-11-7-15(2)40-21/h6-12,27,32-33H,13H2,1-5H3,(H,38,39)/t27-/m0/s1. The highest BCUT2D eigenvalue weighted by atomic mass is 19.1. The van der Waals surface area contributed by atoms with Gasteiger partial charge in [-0.2, -0.15) is 0 Å². The Kier molecular flexibility index (Phi) is 6.36. The van der Waals surface area contributed by atoms with Crippen LogP contribution in [0.25, 0.3) is 0 Å². The Balaban J connectivity index is 1.51. The van der Waals surface area contributed by atoms with Crippen LogP contribution in [0, 0.1) is 25.1 Å². The number of aryl methyl sites for hydroxylation is 2. The minimum Gasteiger partial charge on any atom is -0.478 e. The fourth-order valence-electron chi connectivity index (χ4n) is 4.99. The molecule has 5 rings (SSSR count). The Morgan fingerprint density at radius 1 is 1.02 bits per heavy atom. The topological polar surface area (TPSA) is 129 Å². The molecule has 0 spiro atoms. The highest BCUT2D eigenvalue weighted by molar-refractivity contribution is 6.16. The Bertz CT molecular complexity index is 1760. The van der Waals surface area contributed by atoms with Crippen molar-refractivity contribution in [2.75, 3.05) is 15.5 Å². The smallest absolute Gasteiger partial charge is 0.337 e. The lowest BCUT2D eigenvalue weighted by Gasteiger charge is -2.31. The van der Waals surface area contributed by atoms with E-state index in [1.807, 2.05) is 20.8 Å². The van der Waals surface area contributed by atoms with Crippen molar-refractivity contribution in [3.05, 3.63) is 103 Å². The average Bonchev–Trinajstić information content (AvgIpc) is 3.47. The van der Waals surface area contributed by atoms with E-state index in [4.69, 9.17) is 4.42 Å². The molecular weight excluding hydrogens is 517 g/mol. The quantitative estimate of drug-likeness (QED) is 0.262. The Hall–Kier alpha value is -4.73. The highest BCUT2D eigenvalue weighted by Gasteiger charge is 2.37. The number of fused-ring (bicyclic) bond motifs is 1. The van der Waals surface area contributed by atoms with Crippen LogP contribution in [0.1, 0.15) is 70.2 Å². The molecule has 0 saturated heterocycles. The van der Waals surface area contributed by atoms with Crippen molar-refractivity contribution in [1.82, 2.24) is 0 Å². The zero-order valence-corrected chi connectivity index (χ0v) is 22.6. The predicted octanol–water partition coefficient (Wildman–Crippen LogP) is 5.43. The molecule has 3 N–H and O–H groups in total. The van der Waals surface area contributed by atoms with E-state index >= 15 is 0 Å². The number of aromatic carboxylic acids is 1. The number of amides is 1. The zero-order valence-electron chi connectivity index (χ0n) is 22.6. The lowest BCUT2D eigenvalue weighted by atomic mass is 9.85. The number of carboxylic acids is 1. The first-order valence-electron chi connectivity index (χ1n) is 12.7. The molecule has 3 aromatic carbocycles. The lowest BCUT2D eigenvalue weighted by molar-refractivity contribution is 0.0697. The Labute approximate surface area is 228 Å². The number of carbonyl (C=O) groups excluding carboxylic acids is 1. The number of hydrogen-bond donors (Lipinski definition) is 3. The van der Waals surface area contributed by atoms with E-state index in [9.17, 15) is 28.7 Å². The second kappa shape index (κ2) is 9.48. The van der Waals surface area contributed by atoms with Crippen LogP contribution in [-0.4, -0.2) is 17.0 Å². The van der Waals surface area contributed by atoms with Gasteiger partial charge in [0.1, 0.15) is 28.7 Å². The van der Waals surface area contributed by atoms with Crippen LogP contribution in [0.3, 0.4) is 0 Å². The molecule has 1 atom stereocenters. The number of rotatable bonds is 7. The molecular formula is C30H28FN3O6. The summed E-state index contributed by atoms with van der Waals surface area (Å²) in [5, 5.41) is 15.7. The van der Waals surface area contributed by atoms with E-state index in [0.29, 0.717) is 17.1 Å². The molecule has 1 aliphatic rings. The summed E-state index contributed by atoms with van der Waals surface area (Å²) >= 11 is 0. The van der Waals surface area contributed by atoms with Gasteiger partial charge in [-0.3, -0.25) is 14.4 Å². The molecule has 206 valence electrons. The molecule has 0 unspecified atom stereocenters. The maximum atomic E-state index is 14.9. The third kappa shape index (κ3) is 4.45. The van der Waals surface area contributed by atoms with E-state index in [-0.39, 0.29) is 46.0 Å². The SMILES string of the molecule is Cc1ccc(N2Cc3c(F)ccc(Nc4c(N[C@@H](c5ccc(C)o5)C(C)(C)C)c(=O)c4=O)c3C2=O)c(C(=O)O)c1. The van der Waals surface area contributed by atoms with E-state index in [2.05, 4.69) is 10.6 Å². The summed E-state index contributed by atoms with van der Waals surface area (Å²) in [7, 11) is 0. The van der Waals surface area contributed by atoms with E-state index < -0.39 is 40.0 Å². The number of furan rings is 1. The number of carboxylic acid groups (broad SMARTS) is 1. The van der Waals surface area contributed by atoms with Gasteiger partial charge in [-0.15, -0.1) is 0 Å². The molecule has 0 saturated carbocycles. The van der Waals surface area contributed by atoms with Gasteiger partial charge < -0.3 is 25.1 Å². The van der Waals surface area contributed by atoms with Gasteiger partial charge >= 0.3 is 5.97 Å². The second-order valence-corrected chi connectivity index (χ2v) is 11.1. The van der Waals surface area contributed by atoms with E-state index in [0.717, 1.165) is 6.07 Å². The van der Waals surface area contributed by atoms with Crippen LogP contribution in [0.5, 0.6) is 0 Å². The first-order valence-corrected chi connectivity index (χ1v) is 12.7. The van der Waals surface area contributed by atoms with E-state index in [1.165, 1.54) is 23.1 Å². The molecule has 9 nitrogen and oxygen atoms in total. The fraction of sp³-hybridized carbons (Fsp3) is 0.267. The van der Waals surface area contributed by atoms with Gasteiger partial charge in [-0.1, -0.05) is 32.4 Å². The van der Waals surface area contributed by atoms with Gasteiger partial charge in [-0.05, 0) is 55.7 Å². The summed E-state index contributed by atoms with van der Waals surface area (Å²) in [6.07, 6.45) is 0. The summed E-state index contributed by atoms with van der Waals surface area (Å²) in [5.74, 6) is -1.22. The van der Waals surface area contributed by atoms with Gasteiger partial charge in [0, 0.05) is 5.56 Å². The van der Waals surface area contributed by atoms with Crippen LogP contribution in [-0.2, 0) is 6.54 Å². The maximum Gasteiger partial charge on any atom is 0.337 e. The molecule has 1 aromatic heterocycles. The van der Waals surface area contributed by atoms with Crippen LogP contribution in [0.2, 0.25) is 0 Å². The van der Waals surface area contributed by atoms with Crippen molar-refractivity contribution in [1.29, 1.82) is 0 Å². The minimum atomic E-state index is -1.22. The Morgan fingerprint density at radius 2 is 1.73 bits per heavy atom. The molecule has 0 bridgehead atoms. The van der Waals surface area contributed by atoms with Crippen LogP contribution in [0.15, 0.2) is 56.5 Å². The summed E-state index contributed by atoms with van der Waals surface area (Å²) in [6.45, 7) is 9.21. The first kappa shape index (κ1) is 26.9. The number of nitrogens with one attached hydrogen (secondary N) is 2. The van der Waals surface area contributed by atoms with Gasteiger partial charge in [-0.25, -0.2) is 9.18 Å². The first-order chi connectivity index (χ1) is 18.8. The van der Waals surface area contributed by atoms with Gasteiger partial charge in [0.15, 0.2) is 0 Å². The number of anilines is 4. The molecule has 0 aliphatic carbocycles. The number of hydrogen-bond acceptors (Lipinski definition) is 7. The second-order valence-electron chi connectivity index (χ2n) is 11.1. The van der Waals surface area contributed by atoms with Gasteiger partial charge in [0.05, 0.1) is 35.1 Å². The number of carbonyl (C=O) groups is 2. The zero-order chi connectivity index (χ0) is 29.1. The van der Waals surface area contributed by atoms with Gasteiger partial charge in [0.25, 0.3) is 16.8 Å². The highest BCUT2D eigenvalue weighted by Crippen LogP contribution is 2.40. The number of benzene rings is 2. The monoisotopic (exact) mass is 545 g/mol. The van der Waals surface area contributed by atoms with Crippen LogP contribution < -0.4 is 26.4 Å². The predicted molar refractivity (Wildman–Crippen MR) is 149 cm³/mol. The normalized spacial score (nSPS) is 13.9. The molecule has 0 fully saturated rings. The molecule has 1 aliphatic heterocycles. The summed E-state index contributed by atoms with van der Waals surface area (Å²) < 4.78 is 20.7. The molecule has 40 heavy (non-hydrogen) atoms. The third-order valence-electron chi connectivity index (χ3n) is 7.07. The Morgan fingerprint density at radius 3 is 2.35 bits per heavy atom. The number of halogens is 1. The molecule has 0 radical (unpaired) electrons. The van der Waals surface area contributed by atoms with Crippen molar-refractivity contribution in [2.45, 2.75) is 47.2 Å². The van der Waals surface area contributed by atoms with E-state index in [1.54, 1.807) is 32.0 Å². The van der Waals surface area contributed by atoms with Crippen molar-refractivity contribution < 1.29 is 23.5 Å². The summed E-state index contributed by atoms with van der Waals surface area (Å²) in [4.78, 5) is 52.0. The minimum absolute atomic E-state index is 0.0334. The summed E-state index contributed by atoms with van der Waals surface area (Å²) in [6, 6.07) is 10.2. The van der Waals surface area contributed by atoms with Gasteiger partial charge in [0.2, 0.25) is 0 Å². The molecule has 10 heteroatoms. The third-order valence-corrected chi connectivity index (χ3v) is 7.07. The van der Waals surface area contributed by atoms with Crippen molar-refractivity contribution in [2.24, 2.45) is 5.41 Å². The van der Waals surface area contributed by atoms with Crippen molar-refractivity contribution in [3.63, 3.8) is 0 Å². The summed E-state index contributed by atoms with van der Waals surface area (Å²) in [5.41, 5.74) is -1.06. The number of nitrogens with zero attached hydrogens (tertiary/aromatic N) is 1. The van der Waals surface area contributed by atoms with Crippen LogP contribution >= 0.6 is 0 Å². The largest absolute Gasteiger partial charge is 0.478 e. The van der Waals surface area contributed by atoms with Crippen LogP contribution in [0.4, 0.5) is 27.1 Å². The average molecular weight is 546 g/mol.